The summed E-state index contributed by atoms with van der Waals surface area (Å²) in [4.78, 5) is 14.3. The number of nitrogens with one attached hydrogen (secondary N) is 1. The quantitative estimate of drug-likeness (QED) is 0.685. The summed E-state index contributed by atoms with van der Waals surface area (Å²) in [6, 6.07) is 9.02. The van der Waals surface area contributed by atoms with Crippen LogP contribution in [0.3, 0.4) is 0 Å². The number of ether oxygens (including phenoxy) is 1. The molecule has 2 atom stereocenters. The van der Waals surface area contributed by atoms with Crippen LogP contribution in [0.15, 0.2) is 36.0 Å². The Hall–Kier alpha value is -2.48. The zero-order valence-electron chi connectivity index (χ0n) is 13.9. The van der Waals surface area contributed by atoms with Crippen molar-refractivity contribution in [3.8, 4) is 11.8 Å². The minimum absolute atomic E-state index is 0.127. The lowest BCUT2D eigenvalue weighted by atomic mass is 9.92. The molecule has 1 N–H and O–H groups in total. The summed E-state index contributed by atoms with van der Waals surface area (Å²) in [5.74, 6) is 1.47. The Bertz CT molecular complexity index is 606. The van der Waals surface area contributed by atoms with Crippen molar-refractivity contribution in [1.29, 1.82) is 5.26 Å². The molecular weight excluding hydrogens is 290 g/mol. The molecule has 1 fully saturated rings. The van der Waals surface area contributed by atoms with Crippen LogP contribution in [0.2, 0.25) is 0 Å². The number of nitriles is 1. The van der Waals surface area contributed by atoms with E-state index in [0.29, 0.717) is 17.5 Å². The molecule has 1 aromatic carbocycles. The Labute approximate surface area is 137 Å². The smallest absolute Gasteiger partial charge is 0.267 e. The molecule has 23 heavy (non-hydrogen) atoms. The maximum atomic E-state index is 12.3. The normalized spacial score (nSPS) is 21.5. The first-order valence-corrected chi connectivity index (χ1v) is 7.83. The molecule has 2 unspecified atom stereocenters. The molecule has 1 heterocycles. The van der Waals surface area contributed by atoms with E-state index < -0.39 is 0 Å². The predicted octanol–water partition coefficient (Wildman–Crippen LogP) is 3.02. The van der Waals surface area contributed by atoms with Crippen molar-refractivity contribution in [3.63, 3.8) is 0 Å². The van der Waals surface area contributed by atoms with E-state index in [1.165, 1.54) is 6.42 Å². The Kier molecular flexibility index (Phi) is 5.64. The molecule has 1 aliphatic heterocycles. The molecule has 5 nitrogen and oxygen atoms in total. The third-order valence-electron chi connectivity index (χ3n) is 3.92. The fourth-order valence-corrected chi connectivity index (χ4v) is 3.01. The minimum atomic E-state index is -0.386. The van der Waals surface area contributed by atoms with Gasteiger partial charge in [-0.15, -0.1) is 0 Å². The first kappa shape index (κ1) is 16.9. The van der Waals surface area contributed by atoms with Crippen LogP contribution in [0.4, 0.5) is 5.69 Å². The highest BCUT2D eigenvalue weighted by Gasteiger charge is 2.21. The summed E-state index contributed by atoms with van der Waals surface area (Å²) in [7, 11) is 1.59. The highest BCUT2D eigenvalue weighted by Crippen LogP contribution is 2.22. The topological polar surface area (TPSA) is 65.4 Å². The lowest BCUT2D eigenvalue weighted by Gasteiger charge is -2.34. The average molecular weight is 313 g/mol. The van der Waals surface area contributed by atoms with Gasteiger partial charge >= 0.3 is 0 Å². The number of piperidine rings is 1. The van der Waals surface area contributed by atoms with Crippen molar-refractivity contribution in [1.82, 2.24) is 4.90 Å². The average Bonchev–Trinajstić information content (AvgIpc) is 2.52. The van der Waals surface area contributed by atoms with E-state index >= 15 is 0 Å². The van der Waals surface area contributed by atoms with Gasteiger partial charge in [0.05, 0.1) is 7.11 Å². The molecule has 122 valence electrons. The molecule has 0 radical (unpaired) electrons. The monoisotopic (exact) mass is 313 g/mol. The number of nitrogens with zero attached hydrogens (tertiary/aromatic N) is 2. The van der Waals surface area contributed by atoms with Gasteiger partial charge in [-0.25, -0.2) is 0 Å². The van der Waals surface area contributed by atoms with E-state index in [0.717, 1.165) is 18.8 Å². The van der Waals surface area contributed by atoms with Crippen LogP contribution in [0.25, 0.3) is 0 Å². The van der Waals surface area contributed by atoms with Crippen LogP contribution < -0.4 is 10.1 Å². The minimum Gasteiger partial charge on any atom is -0.497 e. The van der Waals surface area contributed by atoms with Crippen molar-refractivity contribution in [2.75, 3.05) is 25.5 Å². The van der Waals surface area contributed by atoms with Gasteiger partial charge < -0.3 is 15.0 Å². The largest absolute Gasteiger partial charge is 0.497 e. The number of methoxy groups -OCH3 is 1. The molecule has 1 saturated heterocycles. The van der Waals surface area contributed by atoms with Crippen LogP contribution in [-0.4, -0.2) is 31.0 Å². The number of likely N-dealkylation sites (tertiary alicyclic amines) is 1. The third-order valence-corrected chi connectivity index (χ3v) is 3.92. The molecule has 0 aliphatic carbocycles. The number of rotatable bonds is 4. The molecule has 2 rings (SSSR count). The lowest BCUT2D eigenvalue weighted by molar-refractivity contribution is -0.112. The van der Waals surface area contributed by atoms with Gasteiger partial charge in [0.25, 0.3) is 5.91 Å². The van der Waals surface area contributed by atoms with Gasteiger partial charge in [0, 0.05) is 25.0 Å². The van der Waals surface area contributed by atoms with Gasteiger partial charge in [0.2, 0.25) is 0 Å². The van der Waals surface area contributed by atoms with Crippen molar-refractivity contribution < 1.29 is 9.53 Å². The molecule has 5 heteroatoms. The number of carbonyl (C=O) groups is 1. The van der Waals surface area contributed by atoms with E-state index in [1.54, 1.807) is 37.6 Å². The molecule has 0 spiro atoms. The van der Waals surface area contributed by atoms with Crippen LogP contribution in [0.1, 0.15) is 20.3 Å². The van der Waals surface area contributed by atoms with Crippen molar-refractivity contribution in [3.05, 3.63) is 36.0 Å². The zero-order valence-corrected chi connectivity index (χ0v) is 13.9. The fourth-order valence-electron chi connectivity index (χ4n) is 3.01. The summed E-state index contributed by atoms with van der Waals surface area (Å²) < 4.78 is 5.08. The van der Waals surface area contributed by atoms with Crippen molar-refractivity contribution in [2.24, 2.45) is 11.8 Å². The van der Waals surface area contributed by atoms with E-state index in [2.05, 4.69) is 24.1 Å². The Morgan fingerprint density at radius 1 is 1.30 bits per heavy atom. The highest BCUT2D eigenvalue weighted by molar-refractivity contribution is 6.06. The van der Waals surface area contributed by atoms with Crippen LogP contribution >= 0.6 is 0 Å². The van der Waals surface area contributed by atoms with E-state index in [-0.39, 0.29) is 11.5 Å². The maximum Gasteiger partial charge on any atom is 0.267 e. The second-order valence-electron chi connectivity index (χ2n) is 6.24. The maximum absolute atomic E-state index is 12.3. The number of hydrogen-bond donors (Lipinski definition) is 1. The molecule has 0 aromatic heterocycles. The number of anilines is 1. The van der Waals surface area contributed by atoms with Gasteiger partial charge in [-0.1, -0.05) is 13.8 Å². The summed E-state index contributed by atoms with van der Waals surface area (Å²) in [5.41, 5.74) is 0.763. The summed E-state index contributed by atoms with van der Waals surface area (Å²) in [6.45, 7) is 6.15. The summed E-state index contributed by atoms with van der Waals surface area (Å²) in [5, 5.41) is 12.0. The standard InChI is InChI=1S/C18H23N3O2/c1-13-8-14(2)11-21(10-13)12-15(9-19)18(22)20-16-4-6-17(23-3)7-5-16/h4-7,12-14H,8,10-11H2,1-3H3,(H,20,22)/b15-12-. The first-order valence-electron chi connectivity index (χ1n) is 7.83. The molecule has 0 saturated carbocycles. The second kappa shape index (κ2) is 7.68. The van der Waals surface area contributed by atoms with Gasteiger partial charge in [-0.2, -0.15) is 5.26 Å². The van der Waals surface area contributed by atoms with Gasteiger partial charge in [0.15, 0.2) is 0 Å². The SMILES string of the molecule is COc1ccc(NC(=O)/C(C#N)=C\N2CC(C)CC(C)C2)cc1. The molecule has 0 bridgehead atoms. The molecule has 1 amide bonds. The van der Waals surface area contributed by atoms with Gasteiger partial charge in [-0.3, -0.25) is 4.79 Å². The summed E-state index contributed by atoms with van der Waals surface area (Å²) >= 11 is 0. The van der Waals surface area contributed by atoms with Crippen LogP contribution in [-0.2, 0) is 4.79 Å². The number of benzene rings is 1. The second-order valence-corrected chi connectivity index (χ2v) is 6.24. The number of amides is 1. The third kappa shape index (κ3) is 4.75. The van der Waals surface area contributed by atoms with Crippen LogP contribution in [0, 0.1) is 23.2 Å². The highest BCUT2D eigenvalue weighted by atomic mass is 16.5. The first-order chi connectivity index (χ1) is 11.0. The predicted molar refractivity (Wildman–Crippen MR) is 89.8 cm³/mol. The molecule has 1 aliphatic rings. The number of carbonyl (C=O) groups excluding carboxylic acids is 1. The number of hydrogen-bond acceptors (Lipinski definition) is 4. The molecule has 1 aromatic rings. The van der Waals surface area contributed by atoms with E-state index in [9.17, 15) is 10.1 Å². The van der Waals surface area contributed by atoms with Gasteiger partial charge in [-0.05, 0) is 42.5 Å². The van der Waals surface area contributed by atoms with Crippen molar-refractivity contribution >= 4 is 11.6 Å². The van der Waals surface area contributed by atoms with Crippen molar-refractivity contribution in [2.45, 2.75) is 20.3 Å². The molecular formula is C18H23N3O2. The Morgan fingerprint density at radius 3 is 2.43 bits per heavy atom. The Morgan fingerprint density at radius 2 is 1.91 bits per heavy atom. The van der Waals surface area contributed by atoms with E-state index in [4.69, 9.17) is 4.74 Å². The Balaban J connectivity index is 2.05. The zero-order chi connectivity index (χ0) is 16.8. The van der Waals surface area contributed by atoms with Gasteiger partial charge in [0.1, 0.15) is 17.4 Å². The lowest BCUT2D eigenvalue weighted by Crippen LogP contribution is -2.35. The van der Waals surface area contributed by atoms with Crippen LogP contribution in [0.5, 0.6) is 5.75 Å². The fraction of sp³-hybridized carbons (Fsp3) is 0.444. The van der Waals surface area contributed by atoms with E-state index in [1.807, 2.05) is 6.07 Å². The summed E-state index contributed by atoms with van der Waals surface area (Å²) in [6.07, 6.45) is 2.87.